The maximum absolute atomic E-state index is 12.2. The van der Waals surface area contributed by atoms with Gasteiger partial charge < -0.3 is 10.2 Å². The zero-order valence-corrected chi connectivity index (χ0v) is 14.0. The highest BCUT2D eigenvalue weighted by atomic mass is 16.3. The molecule has 1 amide bonds. The number of hydrazone groups is 1. The monoisotopic (exact) mass is 358 g/mol. The van der Waals surface area contributed by atoms with Gasteiger partial charge in [0.05, 0.1) is 11.9 Å². The fraction of sp³-hybridized carbons (Fsp3) is 0. The number of amides is 1. The molecule has 4 aromatic rings. The van der Waals surface area contributed by atoms with E-state index in [1.807, 2.05) is 6.07 Å². The molecular formula is C20H14N4O3. The molecule has 0 atom stereocenters. The summed E-state index contributed by atoms with van der Waals surface area (Å²) in [6, 6.07) is 16.9. The molecule has 2 heterocycles. The molecule has 7 nitrogen and oxygen atoms in total. The van der Waals surface area contributed by atoms with E-state index in [0.29, 0.717) is 16.7 Å². The zero-order chi connectivity index (χ0) is 18.8. The third-order valence-electron chi connectivity index (χ3n) is 4.01. The standard InChI is InChI=1S/C20H14N4O3/c25-16-5-1-3-12-7-9-14(22-18(12)16)11-21-24-20(27)15-10-8-13-4-2-6-17(26)19(13)23-15/h1-11,25-26H,(H,24,27). The number of pyridine rings is 2. The van der Waals surface area contributed by atoms with E-state index in [1.165, 1.54) is 12.3 Å². The summed E-state index contributed by atoms with van der Waals surface area (Å²) in [6.45, 7) is 0. The normalized spacial score (nSPS) is 11.3. The van der Waals surface area contributed by atoms with Crippen molar-refractivity contribution in [3.05, 3.63) is 72.1 Å². The molecule has 0 aliphatic heterocycles. The number of carbonyl (C=O) groups excluding carboxylic acids is 1. The summed E-state index contributed by atoms with van der Waals surface area (Å²) in [5.74, 6) is -0.433. The van der Waals surface area contributed by atoms with Crippen LogP contribution < -0.4 is 5.43 Å². The fourth-order valence-corrected chi connectivity index (χ4v) is 2.69. The van der Waals surface area contributed by atoms with E-state index in [4.69, 9.17) is 0 Å². The van der Waals surface area contributed by atoms with Crippen molar-refractivity contribution in [2.45, 2.75) is 0 Å². The quantitative estimate of drug-likeness (QED) is 0.385. The summed E-state index contributed by atoms with van der Waals surface area (Å²) >= 11 is 0. The SMILES string of the molecule is O=C(NN=Cc1ccc2cccc(O)c2n1)c1ccc2cccc(O)c2n1. The lowest BCUT2D eigenvalue weighted by Crippen LogP contribution is -2.19. The largest absolute Gasteiger partial charge is 0.506 e. The molecule has 0 saturated heterocycles. The van der Waals surface area contributed by atoms with E-state index < -0.39 is 5.91 Å². The first-order chi connectivity index (χ1) is 13.1. The fourth-order valence-electron chi connectivity index (χ4n) is 2.69. The van der Waals surface area contributed by atoms with Crippen molar-refractivity contribution < 1.29 is 15.0 Å². The van der Waals surface area contributed by atoms with Crippen LogP contribution in [0.5, 0.6) is 11.5 Å². The smallest absolute Gasteiger partial charge is 0.289 e. The van der Waals surface area contributed by atoms with Gasteiger partial charge in [0.1, 0.15) is 28.2 Å². The molecule has 0 aliphatic carbocycles. The van der Waals surface area contributed by atoms with Crippen molar-refractivity contribution in [2.75, 3.05) is 0 Å². The highest BCUT2D eigenvalue weighted by Gasteiger charge is 2.09. The predicted molar refractivity (Wildman–Crippen MR) is 102 cm³/mol. The van der Waals surface area contributed by atoms with E-state index in [9.17, 15) is 15.0 Å². The van der Waals surface area contributed by atoms with E-state index in [2.05, 4.69) is 20.5 Å². The molecular weight excluding hydrogens is 344 g/mol. The van der Waals surface area contributed by atoms with Crippen LogP contribution in [0.25, 0.3) is 21.8 Å². The molecule has 132 valence electrons. The summed E-state index contributed by atoms with van der Waals surface area (Å²) in [4.78, 5) is 20.7. The molecule has 0 saturated carbocycles. The van der Waals surface area contributed by atoms with Crippen molar-refractivity contribution in [1.29, 1.82) is 0 Å². The Kier molecular flexibility index (Phi) is 4.10. The number of benzene rings is 2. The Hall–Kier alpha value is -4.00. The molecule has 4 rings (SSSR count). The van der Waals surface area contributed by atoms with Crippen LogP contribution in [0.1, 0.15) is 16.2 Å². The minimum atomic E-state index is -0.514. The molecule has 2 aromatic heterocycles. The van der Waals surface area contributed by atoms with Gasteiger partial charge in [-0.3, -0.25) is 4.79 Å². The first-order valence-electron chi connectivity index (χ1n) is 8.13. The molecule has 2 aromatic carbocycles. The number of nitrogens with zero attached hydrogens (tertiary/aromatic N) is 3. The number of nitrogens with one attached hydrogen (secondary N) is 1. The number of carbonyl (C=O) groups is 1. The maximum Gasteiger partial charge on any atom is 0.289 e. The highest BCUT2D eigenvalue weighted by molar-refractivity contribution is 5.96. The Morgan fingerprint density at radius 3 is 2.19 bits per heavy atom. The second-order valence-electron chi connectivity index (χ2n) is 5.83. The number of aromatic nitrogens is 2. The Labute approximate surface area is 153 Å². The number of hydrogen-bond donors (Lipinski definition) is 3. The highest BCUT2D eigenvalue weighted by Crippen LogP contribution is 2.23. The van der Waals surface area contributed by atoms with Gasteiger partial charge in [-0.2, -0.15) is 5.10 Å². The van der Waals surface area contributed by atoms with Crippen molar-refractivity contribution in [1.82, 2.24) is 15.4 Å². The number of rotatable bonds is 3. The molecule has 0 spiro atoms. The Bertz CT molecular complexity index is 1200. The molecule has 7 heteroatoms. The number of fused-ring (bicyclic) bond motifs is 2. The molecule has 0 fully saturated rings. The van der Waals surface area contributed by atoms with Crippen LogP contribution in [0, 0.1) is 0 Å². The molecule has 0 bridgehead atoms. The van der Waals surface area contributed by atoms with Gasteiger partial charge in [-0.1, -0.05) is 36.4 Å². The van der Waals surface area contributed by atoms with Gasteiger partial charge in [0.15, 0.2) is 0 Å². The van der Waals surface area contributed by atoms with E-state index in [1.54, 1.807) is 48.5 Å². The van der Waals surface area contributed by atoms with Gasteiger partial charge in [0.2, 0.25) is 0 Å². The lowest BCUT2D eigenvalue weighted by molar-refractivity contribution is 0.0950. The van der Waals surface area contributed by atoms with Gasteiger partial charge in [-0.15, -0.1) is 0 Å². The van der Waals surface area contributed by atoms with Crippen LogP contribution in [0.15, 0.2) is 65.8 Å². The number of hydrogen-bond acceptors (Lipinski definition) is 6. The van der Waals surface area contributed by atoms with Crippen LogP contribution in [0.3, 0.4) is 0 Å². The van der Waals surface area contributed by atoms with Crippen molar-refractivity contribution in [2.24, 2.45) is 5.10 Å². The minimum absolute atomic E-state index is 0.00539. The number of aromatic hydroxyl groups is 2. The number of phenolic OH excluding ortho intramolecular Hbond substituents is 2. The summed E-state index contributed by atoms with van der Waals surface area (Å²) in [5.41, 5.74) is 3.79. The van der Waals surface area contributed by atoms with Crippen LogP contribution in [0.2, 0.25) is 0 Å². The maximum atomic E-state index is 12.2. The van der Waals surface area contributed by atoms with Gasteiger partial charge in [0, 0.05) is 10.8 Å². The van der Waals surface area contributed by atoms with Crippen LogP contribution in [-0.2, 0) is 0 Å². The van der Waals surface area contributed by atoms with Gasteiger partial charge >= 0.3 is 0 Å². The van der Waals surface area contributed by atoms with Crippen LogP contribution in [0.4, 0.5) is 0 Å². The average molecular weight is 358 g/mol. The van der Waals surface area contributed by atoms with E-state index in [-0.39, 0.29) is 17.2 Å². The Morgan fingerprint density at radius 1 is 0.852 bits per heavy atom. The third kappa shape index (κ3) is 3.25. The second kappa shape index (κ2) is 6.72. The number of phenols is 2. The lowest BCUT2D eigenvalue weighted by Gasteiger charge is -2.03. The van der Waals surface area contributed by atoms with Crippen molar-refractivity contribution in [3.8, 4) is 11.5 Å². The van der Waals surface area contributed by atoms with Crippen molar-refractivity contribution >= 4 is 33.9 Å². The topological polar surface area (TPSA) is 108 Å². The molecule has 0 radical (unpaired) electrons. The zero-order valence-electron chi connectivity index (χ0n) is 14.0. The average Bonchev–Trinajstić information content (AvgIpc) is 2.68. The summed E-state index contributed by atoms with van der Waals surface area (Å²) in [6.07, 6.45) is 1.38. The van der Waals surface area contributed by atoms with E-state index >= 15 is 0 Å². The minimum Gasteiger partial charge on any atom is -0.506 e. The van der Waals surface area contributed by atoms with E-state index in [0.717, 1.165) is 10.8 Å². The lowest BCUT2D eigenvalue weighted by atomic mass is 10.2. The third-order valence-corrected chi connectivity index (χ3v) is 4.01. The molecule has 0 unspecified atom stereocenters. The number of para-hydroxylation sites is 2. The van der Waals surface area contributed by atoms with Crippen LogP contribution >= 0.6 is 0 Å². The summed E-state index contributed by atoms with van der Waals surface area (Å²) in [7, 11) is 0. The van der Waals surface area contributed by atoms with Crippen LogP contribution in [-0.4, -0.2) is 32.3 Å². The summed E-state index contributed by atoms with van der Waals surface area (Å²) < 4.78 is 0. The van der Waals surface area contributed by atoms with Gasteiger partial charge in [-0.25, -0.2) is 15.4 Å². The first-order valence-corrected chi connectivity index (χ1v) is 8.13. The molecule has 0 aliphatic rings. The van der Waals surface area contributed by atoms with Crippen molar-refractivity contribution in [3.63, 3.8) is 0 Å². The first kappa shape index (κ1) is 16.5. The predicted octanol–water partition coefficient (Wildman–Crippen LogP) is 2.96. The summed E-state index contributed by atoms with van der Waals surface area (Å²) in [5, 5.41) is 25.1. The molecule has 3 N–H and O–H groups in total. The molecule has 27 heavy (non-hydrogen) atoms. The van der Waals surface area contributed by atoms with Gasteiger partial charge in [0.25, 0.3) is 5.91 Å². The second-order valence-corrected chi connectivity index (χ2v) is 5.83. The Morgan fingerprint density at radius 2 is 1.48 bits per heavy atom. The van der Waals surface area contributed by atoms with Gasteiger partial charge in [-0.05, 0) is 24.3 Å². The Balaban J connectivity index is 1.54.